The lowest BCUT2D eigenvalue weighted by Crippen LogP contribution is -1.95. The summed E-state index contributed by atoms with van der Waals surface area (Å²) in [6.45, 7) is 0. The van der Waals surface area contributed by atoms with Gasteiger partial charge < -0.3 is 29.4 Å². The van der Waals surface area contributed by atoms with Gasteiger partial charge in [-0.2, -0.15) is 12.9 Å². The second-order valence-electron chi connectivity index (χ2n) is 2.16. The van der Waals surface area contributed by atoms with E-state index in [1.165, 1.54) is 0 Å². The average Bonchev–Trinajstić information content (AvgIpc) is 1.65. The van der Waals surface area contributed by atoms with E-state index in [1.54, 1.807) is 0 Å². The van der Waals surface area contributed by atoms with Gasteiger partial charge in [0, 0.05) is 0 Å². The summed E-state index contributed by atoms with van der Waals surface area (Å²) in [5.41, 5.74) is 0. The van der Waals surface area contributed by atoms with Crippen molar-refractivity contribution in [1.29, 1.82) is 0 Å². The third-order valence-electron chi connectivity index (χ3n) is 0.625. The zero-order valence-corrected chi connectivity index (χ0v) is 10.9. The molecule has 0 aromatic heterocycles. The molecule has 0 saturated heterocycles. The maximum Gasteiger partial charge on any atom is 0.490 e. The van der Waals surface area contributed by atoms with E-state index >= 15 is 0 Å². The first-order valence-corrected chi connectivity index (χ1v) is 9.08. The standard InChI is InChI=1S/H6O13P4/c1-14(2,3)11-16(7,8)13-17(9,10)12-15(4,5)6/h(H,7,8)(H,9,10)(H2,1,2,3)(H2,4,5,6). The molecule has 0 radical (unpaired) electrons. The summed E-state index contributed by atoms with van der Waals surface area (Å²) in [7, 11) is -22.6. The van der Waals surface area contributed by atoms with E-state index in [0.29, 0.717) is 0 Å². The molecule has 17 heteroatoms. The Morgan fingerprint density at radius 3 is 0.941 bits per heavy atom. The molecule has 104 valence electrons. The predicted molar refractivity (Wildman–Crippen MR) is 47.0 cm³/mol. The van der Waals surface area contributed by atoms with E-state index in [1.807, 2.05) is 0 Å². The van der Waals surface area contributed by atoms with E-state index in [2.05, 4.69) is 12.9 Å². The maximum absolute atomic E-state index is 10.7. The van der Waals surface area contributed by atoms with Crippen LogP contribution in [-0.4, -0.2) is 29.4 Å². The second kappa shape index (κ2) is 5.28. The normalized spacial score (nSPS) is 20.6. The highest BCUT2D eigenvalue weighted by molar-refractivity contribution is 7.69. The SMILES string of the molecule is O=P(O)(O)OP(=O)(O)OP(=O)(O)OP(=O)(O)O. The Bertz CT molecular complexity index is 402. The molecule has 0 amide bonds. The Morgan fingerprint density at radius 1 is 0.529 bits per heavy atom. The summed E-state index contributed by atoms with van der Waals surface area (Å²) >= 11 is 0. The first-order chi connectivity index (χ1) is 7.12. The summed E-state index contributed by atoms with van der Waals surface area (Å²) in [6.07, 6.45) is 0. The highest BCUT2D eigenvalue weighted by Gasteiger charge is 2.43. The smallest absolute Gasteiger partial charge is 0.302 e. The molecule has 0 aliphatic carbocycles. The van der Waals surface area contributed by atoms with Gasteiger partial charge in [-0.3, -0.25) is 0 Å². The molecule has 0 saturated carbocycles. The van der Waals surface area contributed by atoms with Crippen LogP contribution < -0.4 is 0 Å². The number of hydrogen-bond acceptors (Lipinski definition) is 7. The minimum absolute atomic E-state index is 3.07. The Labute approximate surface area is 92.7 Å². The van der Waals surface area contributed by atoms with Gasteiger partial charge >= 0.3 is 31.3 Å². The molecular formula is H6O13P4. The molecule has 2 atom stereocenters. The number of rotatable bonds is 6. The van der Waals surface area contributed by atoms with Crippen LogP contribution in [-0.2, 0) is 31.2 Å². The third-order valence-corrected chi connectivity index (χ3v) is 5.63. The molecule has 0 bridgehead atoms. The Balaban J connectivity index is 4.84. The molecule has 0 fully saturated rings. The highest BCUT2D eigenvalue weighted by Crippen LogP contribution is 2.69. The van der Waals surface area contributed by atoms with Crippen molar-refractivity contribution in [1.82, 2.24) is 0 Å². The first kappa shape index (κ1) is 17.6. The number of hydrogen-bond donors (Lipinski definition) is 6. The predicted octanol–water partition coefficient (Wildman–Crippen LogP) is -0.578. The van der Waals surface area contributed by atoms with Gasteiger partial charge in [-0.05, 0) is 0 Å². The van der Waals surface area contributed by atoms with Gasteiger partial charge in [0.15, 0.2) is 0 Å². The zero-order chi connectivity index (χ0) is 14.1. The summed E-state index contributed by atoms with van der Waals surface area (Å²) in [6, 6.07) is 0. The van der Waals surface area contributed by atoms with Gasteiger partial charge in [0.1, 0.15) is 0 Å². The molecular weight excluding hydrogens is 332 g/mol. The van der Waals surface area contributed by atoms with Crippen molar-refractivity contribution in [2.75, 3.05) is 0 Å². The van der Waals surface area contributed by atoms with Crippen molar-refractivity contribution in [3.8, 4) is 0 Å². The van der Waals surface area contributed by atoms with Crippen molar-refractivity contribution in [2.24, 2.45) is 0 Å². The van der Waals surface area contributed by atoms with Crippen LogP contribution in [0.4, 0.5) is 0 Å². The van der Waals surface area contributed by atoms with Gasteiger partial charge in [0.25, 0.3) is 0 Å². The summed E-state index contributed by atoms with van der Waals surface area (Å²) in [5, 5.41) is 0. The summed E-state index contributed by atoms with van der Waals surface area (Å²) < 4.78 is 50.9. The quantitative estimate of drug-likeness (QED) is 0.334. The molecule has 0 aromatic rings. The molecule has 0 rings (SSSR count). The van der Waals surface area contributed by atoms with Crippen LogP contribution >= 0.6 is 31.3 Å². The average molecular weight is 338 g/mol. The molecule has 17 heavy (non-hydrogen) atoms. The van der Waals surface area contributed by atoms with Crippen molar-refractivity contribution < 1.29 is 60.6 Å². The van der Waals surface area contributed by atoms with Crippen molar-refractivity contribution in [3.63, 3.8) is 0 Å². The number of phosphoric acid groups is 4. The Kier molecular flexibility index (Phi) is 5.45. The molecule has 0 aliphatic heterocycles. The van der Waals surface area contributed by atoms with Crippen LogP contribution in [0.15, 0.2) is 0 Å². The van der Waals surface area contributed by atoms with Gasteiger partial charge in [-0.15, -0.1) is 0 Å². The Morgan fingerprint density at radius 2 is 0.765 bits per heavy atom. The minimum atomic E-state index is -5.77. The minimum Gasteiger partial charge on any atom is -0.302 e. The monoisotopic (exact) mass is 338 g/mol. The van der Waals surface area contributed by atoms with Gasteiger partial charge in [-0.1, -0.05) is 0 Å². The third kappa shape index (κ3) is 10.2. The molecule has 0 spiro atoms. The van der Waals surface area contributed by atoms with Gasteiger partial charge in [0.2, 0.25) is 0 Å². The maximum atomic E-state index is 10.7. The van der Waals surface area contributed by atoms with Crippen LogP contribution in [0.3, 0.4) is 0 Å². The van der Waals surface area contributed by atoms with Crippen molar-refractivity contribution in [2.45, 2.75) is 0 Å². The fourth-order valence-corrected chi connectivity index (χ4v) is 4.40. The van der Waals surface area contributed by atoms with E-state index in [-0.39, 0.29) is 0 Å². The van der Waals surface area contributed by atoms with Crippen molar-refractivity contribution in [3.05, 3.63) is 0 Å². The summed E-state index contributed by atoms with van der Waals surface area (Å²) in [5.74, 6) is 0. The zero-order valence-electron chi connectivity index (χ0n) is 7.33. The van der Waals surface area contributed by atoms with Crippen LogP contribution in [0.1, 0.15) is 0 Å². The van der Waals surface area contributed by atoms with Crippen LogP contribution in [0.5, 0.6) is 0 Å². The first-order valence-electron chi connectivity index (χ1n) is 3.03. The lowest BCUT2D eigenvalue weighted by Gasteiger charge is -2.15. The second-order valence-corrected chi connectivity index (χ2v) is 7.96. The Hall–Kier alpha value is 0.560. The molecule has 2 unspecified atom stereocenters. The fourth-order valence-electron chi connectivity index (χ4n) is 0.429. The van der Waals surface area contributed by atoms with Crippen LogP contribution in [0.2, 0.25) is 0 Å². The topological polar surface area (TPSA) is 217 Å². The fraction of sp³-hybridized carbons (Fsp3) is 0. The highest BCUT2D eigenvalue weighted by atomic mass is 31.3. The van der Waals surface area contributed by atoms with E-state index < -0.39 is 31.3 Å². The lowest BCUT2D eigenvalue weighted by atomic mass is 15.7. The van der Waals surface area contributed by atoms with Gasteiger partial charge in [0.05, 0.1) is 0 Å². The summed E-state index contributed by atoms with van der Waals surface area (Å²) in [4.78, 5) is 49.4. The molecule has 0 heterocycles. The van der Waals surface area contributed by atoms with E-state index in [0.717, 1.165) is 0 Å². The van der Waals surface area contributed by atoms with Crippen LogP contribution in [0.25, 0.3) is 0 Å². The van der Waals surface area contributed by atoms with Gasteiger partial charge in [-0.25, -0.2) is 18.3 Å². The lowest BCUT2D eigenvalue weighted by molar-refractivity contribution is 0.194. The molecule has 13 nitrogen and oxygen atoms in total. The largest absolute Gasteiger partial charge is 0.490 e. The molecule has 6 N–H and O–H groups in total. The molecule has 0 aliphatic rings. The van der Waals surface area contributed by atoms with E-state index in [4.69, 9.17) is 29.4 Å². The molecule has 0 aromatic carbocycles. The van der Waals surface area contributed by atoms with E-state index in [9.17, 15) is 18.3 Å². The van der Waals surface area contributed by atoms with Crippen molar-refractivity contribution >= 4 is 31.3 Å². The van der Waals surface area contributed by atoms with Crippen LogP contribution in [0, 0.1) is 0 Å².